The molecule has 3 aromatic rings. The molecule has 12 heteroatoms. The fraction of sp³-hybridized carbons (Fsp3) is 0.391. The molecule has 2 heterocycles. The van der Waals surface area contributed by atoms with E-state index < -0.39 is 5.97 Å². The highest BCUT2D eigenvalue weighted by Crippen LogP contribution is 2.41. The quantitative estimate of drug-likeness (QED) is 0.294. The third kappa shape index (κ3) is 5.70. The lowest BCUT2D eigenvalue weighted by Gasteiger charge is -2.14. The SMILES string of the molecule is CCc1cc(C(=O)OC)c(NC(=O)CSc2nnc(-c3cc(OC)c(OC)c(OC)c3)n2CC)s1. The van der Waals surface area contributed by atoms with Crippen LogP contribution < -0.4 is 19.5 Å². The van der Waals surface area contributed by atoms with E-state index in [2.05, 4.69) is 15.5 Å². The molecule has 0 aliphatic rings. The zero-order valence-electron chi connectivity index (χ0n) is 20.5. The van der Waals surface area contributed by atoms with E-state index in [-0.39, 0.29) is 11.7 Å². The summed E-state index contributed by atoms with van der Waals surface area (Å²) in [7, 11) is 5.96. The summed E-state index contributed by atoms with van der Waals surface area (Å²) in [5, 5.41) is 12.5. The molecular weight excluding hydrogens is 492 g/mol. The Bertz CT molecular complexity index is 1180. The van der Waals surface area contributed by atoms with Crippen LogP contribution >= 0.6 is 23.1 Å². The van der Waals surface area contributed by atoms with Crippen LogP contribution in [0.25, 0.3) is 11.4 Å². The lowest BCUT2D eigenvalue weighted by Crippen LogP contribution is -2.16. The van der Waals surface area contributed by atoms with Crippen LogP contribution in [0.2, 0.25) is 0 Å². The van der Waals surface area contributed by atoms with Crippen LogP contribution in [0.4, 0.5) is 5.00 Å². The molecule has 0 fully saturated rings. The van der Waals surface area contributed by atoms with Crippen molar-refractivity contribution in [3.05, 3.63) is 28.6 Å². The number of hydrogen-bond acceptors (Lipinski definition) is 10. The van der Waals surface area contributed by atoms with Crippen LogP contribution in [0.1, 0.15) is 29.1 Å². The molecule has 0 saturated heterocycles. The summed E-state index contributed by atoms with van der Waals surface area (Å²) in [5.74, 6) is 1.45. The highest BCUT2D eigenvalue weighted by atomic mass is 32.2. The molecule has 0 aliphatic heterocycles. The Morgan fingerprint density at radius 2 is 1.71 bits per heavy atom. The lowest BCUT2D eigenvalue weighted by atomic mass is 10.1. The van der Waals surface area contributed by atoms with Crippen molar-refractivity contribution in [3.63, 3.8) is 0 Å². The van der Waals surface area contributed by atoms with Gasteiger partial charge in [-0.2, -0.15) is 0 Å². The molecule has 0 spiro atoms. The summed E-state index contributed by atoms with van der Waals surface area (Å²) >= 11 is 2.62. The number of thiophene rings is 1. The molecule has 1 amide bonds. The second kappa shape index (κ2) is 11.9. The number of rotatable bonds is 11. The number of nitrogens with one attached hydrogen (secondary N) is 1. The summed E-state index contributed by atoms with van der Waals surface area (Å²) in [4.78, 5) is 25.7. The predicted molar refractivity (Wildman–Crippen MR) is 135 cm³/mol. The van der Waals surface area contributed by atoms with Crippen molar-refractivity contribution in [3.8, 4) is 28.6 Å². The van der Waals surface area contributed by atoms with Gasteiger partial charge in [-0.15, -0.1) is 21.5 Å². The van der Waals surface area contributed by atoms with Crippen molar-refractivity contribution < 1.29 is 28.5 Å². The molecule has 0 unspecified atom stereocenters. The fourth-order valence-corrected chi connectivity index (χ4v) is 5.17. The van der Waals surface area contributed by atoms with Gasteiger partial charge in [0, 0.05) is 17.0 Å². The monoisotopic (exact) mass is 520 g/mol. The first-order valence-electron chi connectivity index (χ1n) is 10.8. The lowest BCUT2D eigenvalue weighted by molar-refractivity contribution is -0.113. The largest absolute Gasteiger partial charge is 0.493 e. The summed E-state index contributed by atoms with van der Waals surface area (Å²) in [6, 6.07) is 5.35. The van der Waals surface area contributed by atoms with E-state index in [9.17, 15) is 9.59 Å². The summed E-state index contributed by atoms with van der Waals surface area (Å²) in [6.45, 7) is 4.53. The zero-order chi connectivity index (χ0) is 25.5. The van der Waals surface area contributed by atoms with E-state index in [1.54, 1.807) is 39.5 Å². The number of nitrogens with zero attached hydrogens (tertiary/aromatic N) is 3. The molecule has 1 aromatic carbocycles. The van der Waals surface area contributed by atoms with Gasteiger partial charge in [-0.3, -0.25) is 4.79 Å². The highest BCUT2D eigenvalue weighted by molar-refractivity contribution is 7.99. The Labute approximate surface area is 211 Å². The van der Waals surface area contributed by atoms with Crippen molar-refractivity contribution in [2.45, 2.75) is 32.0 Å². The minimum Gasteiger partial charge on any atom is -0.493 e. The van der Waals surface area contributed by atoms with E-state index in [4.69, 9.17) is 18.9 Å². The van der Waals surface area contributed by atoms with Crippen LogP contribution in [0.5, 0.6) is 17.2 Å². The van der Waals surface area contributed by atoms with Crippen molar-refractivity contribution in [2.24, 2.45) is 0 Å². The minimum absolute atomic E-state index is 0.0906. The average Bonchev–Trinajstić information content (AvgIpc) is 3.49. The van der Waals surface area contributed by atoms with Crippen LogP contribution in [0.3, 0.4) is 0 Å². The first-order chi connectivity index (χ1) is 16.9. The van der Waals surface area contributed by atoms with E-state index >= 15 is 0 Å². The van der Waals surface area contributed by atoms with Gasteiger partial charge in [0.05, 0.1) is 39.8 Å². The Hall–Kier alpha value is -3.25. The summed E-state index contributed by atoms with van der Waals surface area (Å²) in [5.41, 5.74) is 1.09. The number of methoxy groups -OCH3 is 4. The van der Waals surface area contributed by atoms with Gasteiger partial charge in [-0.1, -0.05) is 18.7 Å². The normalized spacial score (nSPS) is 10.7. The Kier molecular flexibility index (Phi) is 8.99. The Morgan fingerprint density at radius 3 is 2.26 bits per heavy atom. The molecule has 0 bridgehead atoms. The van der Waals surface area contributed by atoms with Gasteiger partial charge in [-0.25, -0.2) is 4.79 Å². The number of esters is 1. The van der Waals surface area contributed by atoms with E-state index in [0.717, 1.165) is 16.9 Å². The van der Waals surface area contributed by atoms with Crippen molar-refractivity contribution in [2.75, 3.05) is 39.5 Å². The van der Waals surface area contributed by atoms with Crippen LogP contribution in [-0.4, -0.2) is 60.8 Å². The smallest absolute Gasteiger partial charge is 0.340 e. The molecule has 0 aliphatic carbocycles. The standard InChI is InChI=1S/C23H28N4O6S2/c1-7-14-11-15(22(29)33-6)21(35-14)24-18(28)12-34-23-26-25-20(27(23)8-2)13-9-16(30-3)19(32-5)17(10-13)31-4/h9-11H,7-8,12H2,1-6H3,(H,24,28). The fourth-order valence-electron chi connectivity index (χ4n) is 3.37. The first-order valence-corrected chi connectivity index (χ1v) is 12.6. The van der Waals surface area contributed by atoms with Gasteiger partial charge in [0.25, 0.3) is 0 Å². The molecule has 0 radical (unpaired) electrons. The molecule has 35 heavy (non-hydrogen) atoms. The second-order valence-electron chi connectivity index (χ2n) is 7.10. The summed E-state index contributed by atoms with van der Waals surface area (Å²) in [6.07, 6.45) is 0.753. The first kappa shape index (κ1) is 26.4. The van der Waals surface area contributed by atoms with E-state index in [1.807, 2.05) is 18.4 Å². The molecule has 188 valence electrons. The maximum absolute atomic E-state index is 12.7. The molecular formula is C23H28N4O6S2. The van der Waals surface area contributed by atoms with Crippen molar-refractivity contribution >= 4 is 40.0 Å². The van der Waals surface area contributed by atoms with E-state index in [1.165, 1.54) is 30.2 Å². The second-order valence-corrected chi connectivity index (χ2v) is 9.18. The number of hydrogen-bond donors (Lipinski definition) is 1. The van der Waals surface area contributed by atoms with Gasteiger partial charge in [0.2, 0.25) is 11.7 Å². The van der Waals surface area contributed by atoms with Crippen molar-refractivity contribution in [1.82, 2.24) is 14.8 Å². The number of amides is 1. The van der Waals surface area contributed by atoms with Crippen LogP contribution in [0.15, 0.2) is 23.4 Å². The number of carbonyl (C=O) groups is 2. The van der Waals surface area contributed by atoms with Gasteiger partial charge in [-0.05, 0) is 31.5 Å². The number of carbonyl (C=O) groups excluding carboxylic acids is 2. The number of aryl methyl sites for hydroxylation is 1. The topological polar surface area (TPSA) is 114 Å². The number of thioether (sulfide) groups is 1. The maximum atomic E-state index is 12.7. The maximum Gasteiger partial charge on any atom is 0.340 e. The van der Waals surface area contributed by atoms with Gasteiger partial charge in [0.1, 0.15) is 5.00 Å². The third-order valence-electron chi connectivity index (χ3n) is 5.08. The van der Waals surface area contributed by atoms with Crippen LogP contribution in [-0.2, 0) is 22.5 Å². The zero-order valence-corrected chi connectivity index (χ0v) is 22.1. The van der Waals surface area contributed by atoms with Crippen LogP contribution in [0, 0.1) is 0 Å². The average molecular weight is 521 g/mol. The number of anilines is 1. The molecule has 3 rings (SSSR count). The molecule has 0 atom stereocenters. The number of aromatic nitrogens is 3. The van der Waals surface area contributed by atoms with Gasteiger partial charge in [0.15, 0.2) is 22.5 Å². The van der Waals surface area contributed by atoms with E-state index in [0.29, 0.717) is 45.3 Å². The molecule has 2 aromatic heterocycles. The Balaban J connectivity index is 1.80. The number of benzene rings is 1. The summed E-state index contributed by atoms with van der Waals surface area (Å²) < 4.78 is 23.0. The minimum atomic E-state index is -0.482. The van der Waals surface area contributed by atoms with Gasteiger partial charge < -0.3 is 28.8 Å². The number of ether oxygens (including phenoxy) is 4. The molecule has 10 nitrogen and oxygen atoms in total. The molecule has 0 saturated carbocycles. The third-order valence-corrected chi connectivity index (χ3v) is 7.24. The molecule has 1 N–H and O–H groups in total. The van der Waals surface area contributed by atoms with Crippen molar-refractivity contribution in [1.29, 1.82) is 0 Å². The highest BCUT2D eigenvalue weighted by Gasteiger charge is 2.21. The Morgan fingerprint density at radius 1 is 1.03 bits per heavy atom. The predicted octanol–water partition coefficient (Wildman–Crippen LogP) is 4.13. The van der Waals surface area contributed by atoms with Gasteiger partial charge >= 0.3 is 5.97 Å².